The van der Waals surface area contributed by atoms with Crippen LogP contribution in [0.3, 0.4) is 0 Å². The van der Waals surface area contributed by atoms with Crippen LogP contribution in [0, 0.1) is 0 Å². The Hall–Kier alpha value is -1.33. The molecule has 1 amide bonds. The number of hydrogen-bond acceptors (Lipinski definition) is 6. The summed E-state index contributed by atoms with van der Waals surface area (Å²) < 4.78 is 24.3. The summed E-state index contributed by atoms with van der Waals surface area (Å²) in [5.74, 6) is -0.424. The molecule has 7 nitrogen and oxygen atoms in total. The van der Waals surface area contributed by atoms with Crippen LogP contribution in [0.5, 0.6) is 0 Å². The molecule has 0 bridgehead atoms. The van der Waals surface area contributed by atoms with Crippen molar-refractivity contribution < 1.29 is 28.4 Å². The minimum Gasteiger partial charge on any atom is -0.458 e. The van der Waals surface area contributed by atoms with Crippen LogP contribution in [-0.2, 0) is 30.2 Å². The van der Waals surface area contributed by atoms with Crippen molar-refractivity contribution in [3.8, 4) is 0 Å². The number of alkyl carbamates (subject to hydrolysis) is 1. The van der Waals surface area contributed by atoms with Crippen LogP contribution in [-0.4, -0.2) is 46.0 Å². The number of unbranched alkanes of at least 4 members (excludes halogenated alkanes) is 1. The Balaban J connectivity index is 2.08. The molecular formula is C27H43BINO6. The topological polar surface area (TPSA) is 83.1 Å². The van der Waals surface area contributed by atoms with Crippen molar-refractivity contribution in [3.05, 3.63) is 35.9 Å². The van der Waals surface area contributed by atoms with Crippen molar-refractivity contribution in [2.45, 2.75) is 116 Å². The number of rotatable bonds is 12. The minimum absolute atomic E-state index is 0.130. The largest absolute Gasteiger partial charge is 0.458 e. The van der Waals surface area contributed by atoms with Crippen LogP contribution in [0.2, 0.25) is 6.32 Å². The number of hydrogen-bond donors (Lipinski definition) is 1. The van der Waals surface area contributed by atoms with Crippen molar-refractivity contribution in [2.24, 2.45) is 0 Å². The van der Waals surface area contributed by atoms with Gasteiger partial charge in [0.25, 0.3) is 0 Å². The number of carbonyl (C=O) groups is 2. The average molecular weight is 615 g/mol. The molecule has 202 valence electrons. The summed E-state index contributed by atoms with van der Waals surface area (Å²) >= 11 is 2.28. The fourth-order valence-electron chi connectivity index (χ4n) is 4.02. The maximum Gasteiger partial charge on any atom is 0.457 e. The molecule has 36 heavy (non-hydrogen) atoms. The fourth-order valence-corrected chi connectivity index (χ4v) is 4.41. The standard InChI is InChI=1S/C27H43BINO6/c1-24(2,3)34-22(31)27(17-13-19-29,30-23(32)33-20-21-14-9-8-10-15-21)16-11-12-18-28-35-25(4,5)26(6,7)36-28/h8-10,14-15H,11-13,16-20H2,1-7H3,(H,30,32). The third-order valence-corrected chi connectivity index (χ3v) is 7.44. The van der Waals surface area contributed by atoms with E-state index in [1.54, 1.807) is 0 Å². The van der Waals surface area contributed by atoms with Crippen molar-refractivity contribution in [2.75, 3.05) is 4.43 Å². The molecule has 0 spiro atoms. The van der Waals surface area contributed by atoms with Gasteiger partial charge in [-0.05, 0) is 84.0 Å². The Labute approximate surface area is 231 Å². The molecule has 1 fully saturated rings. The molecule has 1 unspecified atom stereocenters. The highest BCUT2D eigenvalue weighted by molar-refractivity contribution is 14.1. The Morgan fingerprint density at radius 1 is 0.972 bits per heavy atom. The molecule has 1 aliphatic rings. The molecule has 1 heterocycles. The van der Waals surface area contributed by atoms with E-state index in [2.05, 4.69) is 27.9 Å². The Bertz CT molecular complexity index is 842. The van der Waals surface area contributed by atoms with Crippen LogP contribution < -0.4 is 5.32 Å². The van der Waals surface area contributed by atoms with Gasteiger partial charge in [0.05, 0.1) is 11.2 Å². The Morgan fingerprint density at radius 2 is 1.56 bits per heavy atom. The van der Waals surface area contributed by atoms with Gasteiger partial charge in [0.2, 0.25) is 0 Å². The average Bonchev–Trinajstić information content (AvgIpc) is 2.99. The second-order valence-corrected chi connectivity index (χ2v) is 12.6. The second kappa shape index (κ2) is 13.0. The number of alkyl halides is 1. The highest BCUT2D eigenvalue weighted by Gasteiger charge is 2.50. The molecular weight excluding hydrogens is 572 g/mol. The van der Waals surface area contributed by atoms with Crippen LogP contribution in [0.4, 0.5) is 4.79 Å². The second-order valence-electron chi connectivity index (χ2n) is 11.5. The summed E-state index contributed by atoms with van der Waals surface area (Å²) in [6, 6.07) is 9.47. The number of esters is 1. The number of nitrogens with one attached hydrogen (secondary N) is 1. The Morgan fingerprint density at radius 3 is 2.11 bits per heavy atom. The predicted molar refractivity (Wildman–Crippen MR) is 151 cm³/mol. The minimum atomic E-state index is -1.16. The maximum absolute atomic E-state index is 13.5. The van der Waals surface area contributed by atoms with E-state index in [0.717, 1.165) is 22.8 Å². The molecule has 0 aliphatic carbocycles. The zero-order chi connectivity index (χ0) is 27.0. The number of benzene rings is 1. The maximum atomic E-state index is 13.5. The lowest BCUT2D eigenvalue weighted by atomic mass is 9.80. The van der Waals surface area contributed by atoms with Crippen molar-refractivity contribution in [1.29, 1.82) is 0 Å². The van der Waals surface area contributed by atoms with Gasteiger partial charge in [-0.3, -0.25) is 0 Å². The van der Waals surface area contributed by atoms with Crippen molar-refractivity contribution >= 4 is 41.8 Å². The fraction of sp³-hybridized carbons (Fsp3) is 0.704. The molecule has 1 N–H and O–H groups in total. The molecule has 1 aliphatic heterocycles. The first-order valence-corrected chi connectivity index (χ1v) is 14.4. The van der Waals surface area contributed by atoms with E-state index in [-0.39, 0.29) is 24.9 Å². The predicted octanol–water partition coefficient (Wildman–Crippen LogP) is 6.47. The van der Waals surface area contributed by atoms with Crippen LogP contribution in [0.1, 0.15) is 86.1 Å². The van der Waals surface area contributed by atoms with Gasteiger partial charge in [-0.25, -0.2) is 9.59 Å². The van der Waals surface area contributed by atoms with Crippen LogP contribution in [0.15, 0.2) is 30.3 Å². The molecule has 9 heteroatoms. The number of ether oxygens (including phenoxy) is 2. The third kappa shape index (κ3) is 9.21. The van der Waals surface area contributed by atoms with Gasteiger partial charge in [-0.15, -0.1) is 0 Å². The lowest BCUT2D eigenvalue weighted by molar-refractivity contribution is -0.164. The molecule has 1 atom stereocenters. The number of halogens is 1. The summed E-state index contributed by atoms with van der Waals surface area (Å²) in [4.78, 5) is 26.3. The zero-order valence-electron chi connectivity index (χ0n) is 22.9. The number of carbonyl (C=O) groups excluding carboxylic acids is 2. The summed E-state index contributed by atoms with van der Waals surface area (Å²) in [5, 5.41) is 2.91. The summed E-state index contributed by atoms with van der Waals surface area (Å²) in [5.41, 5.74) is -1.71. The molecule has 0 radical (unpaired) electrons. The quantitative estimate of drug-likeness (QED) is 0.0955. The van der Waals surface area contributed by atoms with Crippen LogP contribution >= 0.6 is 22.6 Å². The summed E-state index contributed by atoms with van der Waals surface area (Å²) in [6.07, 6.45) is 3.25. The first-order chi connectivity index (χ1) is 16.7. The van der Waals surface area contributed by atoms with Gasteiger partial charge in [0, 0.05) is 0 Å². The molecule has 1 aromatic rings. The van der Waals surface area contributed by atoms with Gasteiger partial charge in [0.1, 0.15) is 17.7 Å². The number of amides is 1. The van der Waals surface area contributed by atoms with Gasteiger partial charge in [0.15, 0.2) is 0 Å². The van der Waals surface area contributed by atoms with Gasteiger partial charge in [-0.2, -0.15) is 0 Å². The van der Waals surface area contributed by atoms with Crippen molar-refractivity contribution in [1.82, 2.24) is 5.32 Å². The first-order valence-electron chi connectivity index (χ1n) is 12.8. The van der Waals surface area contributed by atoms with Gasteiger partial charge in [-0.1, -0.05) is 65.8 Å². The SMILES string of the molecule is CC(C)(C)OC(=O)C(CCCI)(CCCCB1OC(C)(C)C(C)(C)O1)NC(=O)OCc1ccccc1. The smallest absolute Gasteiger partial charge is 0.457 e. The van der Waals surface area contributed by atoms with Gasteiger partial charge >= 0.3 is 19.2 Å². The van der Waals surface area contributed by atoms with E-state index in [9.17, 15) is 9.59 Å². The third-order valence-electron chi connectivity index (χ3n) is 6.68. The van der Waals surface area contributed by atoms with Gasteiger partial charge < -0.3 is 24.1 Å². The summed E-state index contributed by atoms with van der Waals surface area (Å²) in [7, 11) is -0.288. The zero-order valence-corrected chi connectivity index (χ0v) is 25.1. The molecule has 1 saturated heterocycles. The van der Waals surface area contributed by atoms with E-state index in [1.165, 1.54) is 0 Å². The molecule has 2 rings (SSSR count). The van der Waals surface area contributed by atoms with E-state index >= 15 is 0 Å². The highest BCUT2D eigenvalue weighted by atomic mass is 127. The molecule has 0 saturated carbocycles. The van der Waals surface area contributed by atoms with E-state index < -0.39 is 23.2 Å². The van der Waals surface area contributed by atoms with E-state index in [4.69, 9.17) is 18.8 Å². The van der Waals surface area contributed by atoms with E-state index in [0.29, 0.717) is 25.6 Å². The monoisotopic (exact) mass is 615 g/mol. The Kier molecular flexibility index (Phi) is 11.1. The van der Waals surface area contributed by atoms with Crippen molar-refractivity contribution in [3.63, 3.8) is 0 Å². The lowest BCUT2D eigenvalue weighted by Gasteiger charge is -2.35. The highest BCUT2D eigenvalue weighted by Crippen LogP contribution is 2.38. The summed E-state index contributed by atoms with van der Waals surface area (Å²) in [6.45, 7) is 13.8. The molecule has 0 aromatic heterocycles. The lowest BCUT2D eigenvalue weighted by Crippen LogP contribution is -2.56. The molecule has 1 aromatic carbocycles. The van der Waals surface area contributed by atoms with Crippen LogP contribution in [0.25, 0.3) is 0 Å². The normalized spacial score (nSPS) is 18.4. The van der Waals surface area contributed by atoms with E-state index in [1.807, 2.05) is 78.8 Å². The first kappa shape index (κ1) is 30.9.